The highest BCUT2D eigenvalue weighted by atomic mass is 35.5. The lowest BCUT2D eigenvalue weighted by Crippen LogP contribution is -2.48. The van der Waals surface area contributed by atoms with E-state index in [2.05, 4.69) is 5.32 Å². The van der Waals surface area contributed by atoms with Gasteiger partial charge >= 0.3 is 0 Å². The molecule has 1 aliphatic heterocycles. The lowest BCUT2D eigenvalue weighted by Gasteiger charge is -2.35. The molecule has 3 N–H and O–H groups in total. The first-order valence-corrected chi connectivity index (χ1v) is 7.63. The monoisotopic (exact) mass is 319 g/mol. The van der Waals surface area contributed by atoms with Crippen molar-refractivity contribution < 1.29 is 9.59 Å². The zero-order valence-electron chi connectivity index (χ0n) is 13.5. The summed E-state index contributed by atoms with van der Waals surface area (Å²) in [6.07, 6.45) is 3.62. The van der Waals surface area contributed by atoms with Crippen molar-refractivity contribution >= 4 is 24.2 Å². The molecule has 0 saturated carbocycles. The van der Waals surface area contributed by atoms with Gasteiger partial charge in [0, 0.05) is 25.0 Å². The van der Waals surface area contributed by atoms with Gasteiger partial charge in [-0.15, -0.1) is 12.4 Å². The Bertz CT molecular complexity index is 342. The van der Waals surface area contributed by atoms with E-state index in [0.29, 0.717) is 19.6 Å². The summed E-state index contributed by atoms with van der Waals surface area (Å²) in [6, 6.07) is 0. The molecule has 0 radical (unpaired) electrons. The molecule has 1 rings (SSSR count). The minimum atomic E-state index is -0.376. The molecule has 1 fully saturated rings. The highest BCUT2D eigenvalue weighted by molar-refractivity contribution is 5.85. The van der Waals surface area contributed by atoms with E-state index < -0.39 is 0 Å². The SMILES string of the molecule is CC(C)(C)C(=O)N1CCCC(C(=O)NCCCCN)C1.Cl. The maximum atomic E-state index is 12.3. The van der Waals surface area contributed by atoms with Gasteiger partial charge in [0.25, 0.3) is 0 Å². The molecule has 2 amide bonds. The van der Waals surface area contributed by atoms with Crippen molar-refractivity contribution in [3.05, 3.63) is 0 Å². The molecule has 0 spiro atoms. The molecule has 0 aromatic heterocycles. The number of likely N-dealkylation sites (tertiary alicyclic amines) is 1. The summed E-state index contributed by atoms with van der Waals surface area (Å²) in [5, 5.41) is 2.95. The summed E-state index contributed by atoms with van der Waals surface area (Å²) in [4.78, 5) is 26.2. The third-order valence-corrected chi connectivity index (χ3v) is 3.65. The molecule has 21 heavy (non-hydrogen) atoms. The summed E-state index contributed by atoms with van der Waals surface area (Å²) < 4.78 is 0. The van der Waals surface area contributed by atoms with E-state index in [0.717, 1.165) is 32.2 Å². The fraction of sp³-hybridized carbons (Fsp3) is 0.867. The number of unbranched alkanes of at least 4 members (excludes halogenated alkanes) is 1. The van der Waals surface area contributed by atoms with Crippen molar-refractivity contribution in [2.24, 2.45) is 17.1 Å². The number of rotatable bonds is 5. The predicted molar refractivity (Wildman–Crippen MR) is 87.3 cm³/mol. The predicted octanol–water partition coefficient (Wildman–Crippen LogP) is 1.55. The van der Waals surface area contributed by atoms with Crippen molar-refractivity contribution in [2.45, 2.75) is 46.5 Å². The second kappa shape index (κ2) is 9.26. The van der Waals surface area contributed by atoms with Gasteiger partial charge in [0.05, 0.1) is 5.92 Å². The Kier molecular flexibility index (Phi) is 8.90. The zero-order valence-corrected chi connectivity index (χ0v) is 14.3. The molecule has 1 atom stereocenters. The van der Waals surface area contributed by atoms with Crippen LogP contribution < -0.4 is 11.1 Å². The summed E-state index contributed by atoms with van der Waals surface area (Å²) in [7, 11) is 0. The third kappa shape index (κ3) is 6.66. The second-order valence-electron chi connectivity index (χ2n) is 6.63. The van der Waals surface area contributed by atoms with E-state index in [-0.39, 0.29) is 35.6 Å². The summed E-state index contributed by atoms with van der Waals surface area (Å²) in [5.74, 6) is 0.152. The molecule has 0 aliphatic carbocycles. The first-order chi connectivity index (χ1) is 9.36. The van der Waals surface area contributed by atoms with E-state index in [1.165, 1.54) is 0 Å². The first kappa shape index (κ1) is 20.2. The number of amides is 2. The third-order valence-electron chi connectivity index (χ3n) is 3.65. The van der Waals surface area contributed by atoms with Gasteiger partial charge in [-0.25, -0.2) is 0 Å². The molecular formula is C15H30ClN3O2. The van der Waals surface area contributed by atoms with Gasteiger partial charge in [0.1, 0.15) is 0 Å². The smallest absolute Gasteiger partial charge is 0.227 e. The minimum Gasteiger partial charge on any atom is -0.356 e. The highest BCUT2D eigenvalue weighted by Gasteiger charge is 2.33. The summed E-state index contributed by atoms with van der Waals surface area (Å²) in [6.45, 7) is 8.43. The quantitative estimate of drug-likeness (QED) is 0.755. The van der Waals surface area contributed by atoms with Crippen LogP contribution in [0.1, 0.15) is 46.5 Å². The van der Waals surface area contributed by atoms with Crippen molar-refractivity contribution in [1.29, 1.82) is 0 Å². The highest BCUT2D eigenvalue weighted by Crippen LogP contribution is 2.23. The lowest BCUT2D eigenvalue weighted by molar-refractivity contribution is -0.142. The molecule has 1 heterocycles. The maximum Gasteiger partial charge on any atom is 0.227 e. The number of carbonyl (C=O) groups is 2. The Morgan fingerprint density at radius 3 is 2.52 bits per heavy atom. The number of hydrogen-bond acceptors (Lipinski definition) is 3. The van der Waals surface area contributed by atoms with E-state index >= 15 is 0 Å². The van der Waals surface area contributed by atoms with E-state index in [1.54, 1.807) is 0 Å². The van der Waals surface area contributed by atoms with Crippen LogP contribution in [0.5, 0.6) is 0 Å². The van der Waals surface area contributed by atoms with Crippen LogP contribution in [0.15, 0.2) is 0 Å². The molecule has 124 valence electrons. The molecular weight excluding hydrogens is 290 g/mol. The molecule has 0 bridgehead atoms. The van der Waals surface area contributed by atoms with Crippen molar-refractivity contribution in [3.8, 4) is 0 Å². The van der Waals surface area contributed by atoms with Gasteiger partial charge in [-0.1, -0.05) is 20.8 Å². The number of hydrogen-bond donors (Lipinski definition) is 2. The van der Waals surface area contributed by atoms with Gasteiger partial charge in [0.15, 0.2) is 0 Å². The van der Waals surface area contributed by atoms with Gasteiger partial charge < -0.3 is 16.0 Å². The van der Waals surface area contributed by atoms with Crippen molar-refractivity contribution in [2.75, 3.05) is 26.2 Å². The van der Waals surface area contributed by atoms with Gasteiger partial charge in [-0.05, 0) is 32.2 Å². The van der Waals surface area contributed by atoms with Gasteiger partial charge in [-0.2, -0.15) is 0 Å². The topological polar surface area (TPSA) is 75.4 Å². The van der Waals surface area contributed by atoms with Gasteiger partial charge in [0.2, 0.25) is 11.8 Å². The van der Waals surface area contributed by atoms with Crippen LogP contribution in [0.25, 0.3) is 0 Å². The van der Waals surface area contributed by atoms with E-state index in [1.807, 2.05) is 25.7 Å². The van der Waals surface area contributed by atoms with Crippen LogP contribution >= 0.6 is 12.4 Å². The van der Waals surface area contributed by atoms with Crippen LogP contribution in [-0.4, -0.2) is 42.9 Å². The molecule has 5 nitrogen and oxygen atoms in total. The molecule has 1 unspecified atom stereocenters. The van der Waals surface area contributed by atoms with Crippen LogP contribution in [0.2, 0.25) is 0 Å². The zero-order chi connectivity index (χ0) is 15.2. The maximum absolute atomic E-state index is 12.3. The fourth-order valence-corrected chi connectivity index (χ4v) is 2.48. The Balaban J connectivity index is 0.00000400. The number of carbonyl (C=O) groups excluding carboxylic acids is 2. The van der Waals surface area contributed by atoms with Crippen LogP contribution in [0.4, 0.5) is 0 Å². The number of nitrogens with one attached hydrogen (secondary N) is 1. The summed E-state index contributed by atoms with van der Waals surface area (Å²) in [5.41, 5.74) is 5.05. The van der Waals surface area contributed by atoms with Crippen LogP contribution in [0.3, 0.4) is 0 Å². The number of piperidine rings is 1. The van der Waals surface area contributed by atoms with Gasteiger partial charge in [-0.3, -0.25) is 9.59 Å². The number of nitrogens with zero attached hydrogens (tertiary/aromatic N) is 1. The first-order valence-electron chi connectivity index (χ1n) is 7.63. The summed E-state index contributed by atoms with van der Waals surface area (Å²) >= 11 is 0. The Labute approximate surface area is 134 Å². The van der Waals surface area contributed by atoms with Crippen molar-refractivity contribution in [1.82, 2.24) is 10.2 Å². The molecule has 1 saturated heterocycles. The van der Waals surface area contributed by atoms with Crippen LogP contribution in [-0.2, 0) is 9.59 Å². The van der Waals surface area contributed by atoms with E-state index in [9.17, 15) is 9.59 Å². The Hall–Kier alpha value is -0.810. The number of halogens is 1. The Morgan fingerprint density at radius 1 is 1.29 bits per heavy atom. The molecule has 0 aromatic carbocycles. The average molecular weight is 320 g/mol. The Morgan fingerprint density at radius 2 is 1.95 bits per heavy atom. The second-order valence-corrected chi connectivity index (χ2v) is 6.63. The van der Waals surface area contributed by atoms with Crippen LogP contribution in [0, 0.1) is 11.3 Å². The molecule has 6 heteroatoms. The normalized spacial score (nSPS) is 18.9. The fourth-order valence-electron chi connectivity index (χ4n) is 2.48. The van der Waals surface area contributed by atoms with Crippen molar-refractivity contribution in [3.63, 3.8) is 0 Å². The molecule has 0 aromatic rings. The number of nitrogens with two attached hydrogens (primary N) is 1. The largest absolute Gasteiger partial charge is 0.356 e. The minimum absolute atomic E-state index is 0. The van der Waals surface area contributed by atoms with E-state index in [4.69, 9.17) is 5.73 Å². The average Bonchev–Trinajstić information content (AvgIpc) is 2.41. The lowest BCUT2D eigenvalue weighted by atomic mass is 9.91. The standard InChI is InChI=1S/C15H29N3O2.ClH/c1-15(2,3)14(20)18-10-6-7-12(11-18)13(19)17-9-5-4-8-16;/h12H,4-11,16H2,1-3H3,(H,17,19);1H. The molecule has 1 aliphatic rings.